The monoisotopic (exact) mass is 191 g/mol. The molecule has 5 nitrogen and oxygen atoms in total. The molecule has 0 aliphatic carbocycles. The highest BCUT2D eigenvalue weighted by molar-refractivity contribution is 5.70. The maximum Gasteiger partial charge on any atom is 0.177 e. The highest BCUT2D eigenvalue weighted by Gasteiger charge is 2.20. The zero-order chi connectivity index (χ0) is 9.38. The van der Waals surface area contributed by atoms with Gasteiger partial charge in [0.1, 0.15) is 11.9 Å². The van der Waals surface area contributed by atoms with Crippen molar-refractivity contribution in [2.75, 3.05) is 13.2 Å². The van der Waals surface area contributed by atoms with E-state index in [2.05, 4.69) is 15.0 Å². The summed E-state index contributed by atoms with van der Waals surface area (Å²) in [7, 11) is 0. The van der Waals surface area contributed by atoms with E-state index in [4.69, 9.17) is 9.47 Å². The summed E-state index contributed by atoms with van der Waals surface area (Å²) in [6, 6.07) is 1.90. The van der Waals surface area contributed by atoms with Crippen LogP contribution < -0.4 is 4.74 Å². The van der Waals surface area contributed by atoms with Crippen molar-refractivity contribution in [3.8, 4) is 5.75 Å². The van der Waals surface area contributed by atoms with Crippen LogP contribution in [0.25, 0.3) is 11.2 Å². The molecule has 1 N–H and O–H groups in total. The first-order valence-corrected chi connectivity index (χ1v) is 4.45. The molecule has 3 rings (SSSR count). The predicted octanol–water partition coefficient (Wildman–Crippen LogP) is 0.735. The second-order valence-electron chi connectivity index (χ2n) is 3.22. The van der Waals surface area contributed by atoms with Crippen molar-refractivity contribution in [2.24, 2.45) is 0 Å². The highest BCUT2D eigenvalue weighted by Crippen LogP contribution is 2.18. The molecule has 0 radical (unpaired) electrons. The fraction of sp³-hybridized carbons (Fsp3) is 0.333. The molecule has 0 bridgehead atoms. The average molecular weight is 191 g/mol. The number of H-pyrrole nitrogens is 1. The summed E-state index contributed by atoms with van der Waals surface area (Å²) < 4.78 is 10.6. The Morgan fingerprint density at radius 1 is 1.43 bits per heavy atom. The van der Waals surface area contributed by atoms with Crippen LogP contribution in [-0.4, -0.2) is 34.3 Å². The van der Waals surface area contributed by atoms with E-state index < -0.39 is 0 Å². The summed E-state index contributed by atoms with van der Waals surface area (Å²) in [4.78, 5) is 11.2. The fourth-order valence-corrected chi connectivity index (χ4v) is 1.35. The van der Waals surface area contributed by atoms with Gasteiger partial charge in [0, 0.05) is 6.07 Å². The van der Waals surface area contributed by atoms with Crippen LogP contribution in [0.2, 0.25) is 0 Å². The molecular weight excluding hydrogens is 182 g/mol. The van der Waals surface area contributed by atoms with E-state index >= 15 is 0 Å². The Hall–Kier alpha value is -1.62. The molecule has 1 aliphatic heterocycles. The van der Waals surface area contributed by atoms with Crippen molar-refractivity contribution in [3.05, 3.63) is 18.6 Å². The van der Waals surface area contributed by atoms with Crippen LogP contribution >= 0.6 is 0 Å². The molecule has 3 heterocycles. The Morgan fingerprint density at radius 2 is 2.36 bits per heavy atom. The molecule has 5 heteroatoms. The number of aromatic amines is 1. The van der Waals surface area contributed by atoms with Crippen molar-refractivity contribution in [1.82, 2.24) is 15.0 Å². The minimum atomic E-state index is 0.178. The van der Waals surface area contributed by atoms with Crippen molar-refractivity contribution < 1.29 is 9.47 Å². The Bertz CT molecular complexity index is 450. The minimum absolute atomic E-state index is 0.178. The van der Waals surface area contributed by atoms with Crippen LogP contribution in [-0.2, 0) is 4.74 Å². The van der Waals surface area contributed by atoms with Gasteiger partial charge in [-0.2, -0.15) is 0 Å². The third-order valence-electron chi connectivity index (χ3n) is 2.16. The van der Waals surface area contributed by atoms with Crippen LogP contribution in [0.1, 0.15) is 0 Å². The highest BCUT2D eigenvalue weighted by atomic mass is 16.6. The number of hydrogen-bond acceptors (Lipinski definition) is 4. The second-order valence-corrected chi connectivity index (χ2v) is 3.22. The van der Waals surface area contributed by atoms with Gasteiger partial charge in [0.2, 0.25) is 0 Å². The SMILES string of the molecule is c1nc2ncc(OC3COC3)cc2[nH]1. The van der Waals surface area contributed by atoms with Gasteiger partial charge in [-0.05, 0) is 0 Å². The summed E-state index contributed by atoms with van der Waals surface area (Å²) >= 11 is 0. The molecule has 0 aromatic carbocycles. The lowest BCUT2D eigenvalue weighted by Crippen LogP contribution is -2.38. The second kappa shape index (κ2) is 2.95. The standard InChI is InChI=1S/C9H9N3O2/c1-6(14-7-3-13-4-7)2-10-9-8(1)11-5-12-9/h1-2,5,7H,3-4H2,(H,10,11,12). The van der Waals surface area contributed by atoms with E-state index in [1.54, 1.807) is 12.5 Å². The van der Waals surface area contributed by atoms with Crippen molar-refractivity contribution in [2.45, 2.75) is 6.10 Å². The summed E-state index contributed by atoms with van der Waals surface area (Å²) in [5, 5.41) is 0. The number of hydrogen-bond donors (Lipinski definition) is 1. The lowest BCUT2D eigenvalue weighted by Gasteiger charge is -2.26. The molecule has 1 saturated heterocycles. The number of rotatable bonds is 2. The molecule has 14 heavy (non-hydrogen) atoms. The van der Waals surface area contributed by atoms with Crippen LogP contribution in [0, 0.1) is 0 Å². The van der Waals surface area contributed by atoms with Crippen LogP contribution in [0.5, 0.6) is 5.75 Å². The third kappa shape index (κ3) is 1.22. The first-order valence-electron chi connectivity index (χ1n) is 4.45. The van der Waals surface area contributed by atoms with Gasteiger partial charge < -0.3 is 14.5 Å². The van der Waals surface area contributed by atoms with Gasteiger partial charge in [-0.25, -0.2) is 9.97 Å². The van der Waals surface area contributed by atoms with Gasteiger partial charge in [0.15, 0.2) is 5.65 Å². The number of ether oxygens (including phenoxy) is 2. The van der Waals surface area contributed by atoms with Gasteiger partial charge in [-0.15, -0.1) is 0 Å². The molecule has 2 aromatic rings. The lowest BCUT2D eigenvalue weighted by molar-refractivity contribution is -0.0797. The quantitative estimate of drug-likeness (QED) is 0.760. The number of fused-ring (bicyclic) bond motifs is 1. The van der Waals surface area contributed by atoms with E-state index in [0.29, 0.717) is 18.9 Å². The third-order valence-corrected chi connectivity index (χ3v) is 2.16. The molecule has 0 saturated carbocycles. The number of aromatic nitrogens is 3. The molecule has 0 amide bonds. The average Bonchev–Trinajstić information content (AvgIpc) is 2.58. The molecule has 1 fully saturated rings. The summed E-state index contributed by atoms with van der Waals surface area (Å²) in [5.74, 6) is 0.759. The maximum atomic E-state index is 5.59. The number of pyridine rings is 1. The number of imidazole rings is 1. The summed E-state index contributed by atoms with van der Waals surface area (Å²) in [6.07, 6.45) is 3.48. The Balaban J connectivity index is 1.88. The number of nitrogens with zero attached hydrogens (tertiary/aromatic N) is 2. The van der Waals surface area contributed by atoms with Crippen molar-refractivity contribution >= 4 is 11.2 Å². The molecule has 0 atom stereocenters. The molecule has 1 aliphatic rings. The van der Waals surface area contributed by atoms with Crippen molar-refractivity contribution in [1.29, 1.82) is 0 Å². The van der Waals surface area contributed by atoms with E-state index in [-0.39, 0.29) is 6.10 Å². The smallest absolute Gasteiger partial charge is 0.177 e. The fourth-order valence-electron chi connectivity index (χ4n) is 1.35. The Morgan fingerprint density at radius 3 is 3.14 bits per heavy atom. The minimum Gasteiger partial charge on any atom is -0.484 e. The Kier molecular flexibility index (Phi) is 1.63. The molecule has 2 aromatic heterocycles. The van der Waals surface area contributed by atoms with E-state index in [1.807, 2.05) is 6.07 Å². The van der Waals surface area contributed by atoms with Gasteiger partial charge in [0.05, 0.1) is 31.3 Å². The number of nitrogens with one attached hydrogen (secondary N) is 1. The molecule has 72 valence electrons. The predicted molar refractivity (Wildman–Crippen MR) is 49.1 cm³/mol. The lowest BCUT2D eigenvalue weighted by atomic mass is 10.3. The van der Waals surface area contributed by atoms with Gasteiger partial charge >= 0.3 is 0 Å². The van der Waals surface area contributed by atoms with Crippen LogP contribution in [0.4, 0.5) is 0 Å². The topological polar surface area (TPSA) is 60.0 Å². The first-order chi connectivity index (χ1) is 6.92. The van der Waals surface area contributed by atoms with E-state index in [0.717, 1.165) is 11.3 Å². The van der Waals surface area contributed by atoms with Gasteiger partial charge in [-0.1, -0.05) is 0 Å². The summed E-state index contributed by atoms with van der Waals surface area (Å²) in [6.45, 7) is 1.34. The maximum absolute atomic E-state index is 5.59. The van der Waals surface area contributed by atoms with Gasteiger partial charge in [0.25, 0.3) is 0 Å². The van der Waals surface area contributed by atoms with E-state index in [9.17, 15) is 0 Å². The van der Waals surface area contributed by atoms with E-state index in [1.165, 1.54) is 0 Å². The normalized spacial score (nSPS) is 16.9. The van der Waals surface area contributed by atoms with Gasteiger partial charge in [-0.3, -0.25) is 0 Å². The van der Waals surface area contributed by atoms with Crippen LogP contribution in [0.15, 0.2) is 18.6 Å². The molecule has 0 unspecified atom stereocenters. The zero-order valence-electron chi connectivity index (χ0n) is 7.43. The largest absolute Gasteiger partial charge is 0.484 e. The zero-order valence-corrected chi connectivity index (χ0v) is 7.43. The first kappa shape index (κ1) is 7.75. The van der Waals surface area contributed by atoms with Crippen LogP contribution in [0.3, 0.4) is 0 Å². The van der Waals surface area contributed by atoms with Crippen molar-refractivity contribution in [3.63, 3.8) is 0 Å². The Labute approximate surface area is 80.1 Å². The summed E-state index contributed by atoms with van der Waals surface area (Å²) in [5.41, 5.74) is 1.60. The molecular formula is C9H9N3O2. The molecule has 0 spiro atoms.